The molecule has 0 saturated heterocycles. The third-order valence-corrected chi connectivity index (χ3v) is 1.98. The number of carbonyl (C=O) groups is 1. The second-order valence-electron chi connectivity index (χ2n) is 3.63. The van der Waals surface area contributed by atoms with Gasteiger partial charge in [-0.2, -0.15) is 0 Å². The maximum absolute atomic E-state index is 12.7. The highest BCUT2D eigenvalue weighted by Crippen LogP contribution is 2.29. The molecule has 1 aromatic rings. The van der Waals surface area contributed by atoms with E-state index in [0.717, 1.165) is 0 Å². The van der Waals surface area contributed by atoms with Crippen molar-refractivity contribution in [3.8, 4) is 0 Å². The predicted octanol–water partition coefficient (Wildman–Crippen LogP) is 3.62. The van der Waals surface area contributed by atoms with E-state index in [1.807, 2.05) is 0 Å². The Kier molecular flexibility index (Phi) is 5.48. The van der Waals surface area contributed by atoms with Crippen LogP contribution in [0.25, 0.3) is 0 Å². The van der Waals surface area contributed by atoms with Gasteiger partial charge in [0.2, 0.25) is 5.91 Å². The van der Waals surface area contributed by atoms with E-state index in [4.69, 9.17) is 0 Å². The van der Waals surface area contributed by atoms with Crippen molar-refractivity contribution in [2.45, 2.75) is 20.1 Å². The molecule has 0 N–H and O–H groups in total. The van der Waals surface area contributed by atoms with Crippen LogP contribution in [0.3, 0.4) is 0 Å². The van der Waals surface area contributed by atoms with Crippen molar-refractivity contribution in [2.75, 3.05) is 4.90 Å². The first-order chi connectivity index (χ1) is 7.34. The van der Waals surface area contributed by atoms with Gasteiger partial charge in [0.1, 0.15) is 0 Å². The van der Waals surface area contributed by atoms with Crippen LogP contribution in [0.5, 0.6) is 0 Å². The largest absolute Gasteiger partial charge is 0.491 e. The molecule has 0 bridgehead atoms. The molecule has 0 spiro atoms. The number of rotatable bonds is 2. The number of amides is 1. The van der Waals surface area contributed by atoms with Crippen LogP contribution in [0, 0.1) is 5.92 Å². The van der Waals surface area contributed by atoms with Gasteiger partial charge in [-0.15, -0.1) is 25.6 Å². The summed E-state index contributed by atoms with van der Waals surface area (Å²) in [5, 5.41) is 0. The quantitative estimate of drug-likeness (QED) is 0.750. The summed E-state index contributed by atoms with van der Waals surface area (Å²) >= 11 is 0. The van der Waals surface area contributed by atoms with Gasteiger partial charge in [0, 0.05) is 5.92 Å². The molecule has 0 aliphatic carbocycles. The van der Waals surface area contributed by atoms with E-state index in [1.165, 1.54) is 38.1 Å². The summed E-state index contributed by atoms with van der Waals surface area (Å²) in [5.74, 6) is -1.67. The molecule has 1 rings (SSSR count). The third kappa shape index (κ3) is 3.93. The molecule has 96 valence electrons. The highest BCUT2D eigenvalue weighted by molar-refractivity contribution is 5.95. The van der Waals surface area contributed by atoms with Crippen LogP contribution in [-0.2, 0) is 4.79 Å². The number of hydrogen-bond donors (Lipinski definition) is 0. The van der Waals surface area contributed by atoms with Crippen LogP contribution in [0.2, 0.25) is 0 Å². The third-order valence-electron chi connectivity index (χ3n) is 1.98. The van der Waals surface area contributed by atoms with Crippen molar-refractivity contribution < 1.29 is 18.0 Å². The molecule has 17 heavy (non-hydrogen) atoms. The SMILES string of the molecule is CC(C)C(=O)N(c1ccccc1)C(F)(F)F.Cl. The first kappa shape index (κ1) is 15.8. The molecule has 1 amide bonds. The Morgan fingerprint density at radius 1 is 1.18 bits per heavy atom. The minimum absolute atomic E-state index is 0. The number of halogens is 4. The van der Waals surface area contributed by atoms with Gasteiger partial charge in [0.15, 0.2) is 0 Å². The zero-order chi connectivity index (χ0) is 12.3. The smallest absolute Gasteiger partial charge is 0.274 e. The van der Waals surface area contributed by atoms with Crippen molar-refractivity contribution in [1.29, 1.82) is 0 Å². The van der Waals surface area contributed by atoms with Gasteiger partial charge < -0.3 is 0 Å². The van der Waals surface area contributed by atoms with Gasteiger partial charge >= 0.3 is 6.30 Å². The fourth-order valence-corrected chi connectivity index (χ4v) is 1.23. The van der Waals surface area contributed by atoms with E-state index in [-0.39, 0.29) is 23.0 Å². The zero-order valence-electron chi connectivity index (χ0n) is 9.36. The summed E-state index contributed by atoms with van der Waals surface area (Å²) in [6, 6.07) is 7.03. The average Bonchev–Trinajstić information content (AvgIpc) is 2.17. The molecule has 1 aromatic carbocycles. The molecule has 0 atom stereocenters. The fourth-order valence-electron chi connectivity index (χ4n) is 1.23. The summed E-state index contributed by atoms with van der Waals surface area (Å²) in [6.07, 6.45) is -4.69. The summed E-state index contributed by atoms with van der Waals surface area (Å²) in [7, 11) is 0. The Morgan fingerprint density at radius 3 is 2.00 bits per heavy atom. The van der Waals surface area contributed by atoms with Gasteiger partial charge in [-0.1, -0.05) is 32.0 Å². The molecular formula is C11H13ClF3NO. The van der Waals surface area contributed by atoms with Crippen molar-refractivity contribution in [2.24, 2.45) is 5.92 Å². The van der Waals surface area contributed by atoms with Crippen LogP contribution in [0.4, 0.5) is 18.9 Å². The molecule has 0 aromatic heterocycles. The monoisotopic (exact) mass is 267 g/mol. The summed E-state index contributed by atoms with van der Waals surface area (Å²) in [4.78, 5) is 11.4. The number of anilines is 1. The number of nitrogens with zero attached hydrogens (tertiary/aromatic N) is 1. The molecule has 2 nitrogen and oxygen atoms in total. The molecule has 0 unspecified atom stereocenters. The lowest BCUT2D eigenvalue weighted by molar-refractivity contribution is -0.152. The van der Waals surface area contributed by atoms with Crippen LogP contribution < -0.4 is 4.90 Å². The topological polar surface area (TPSA) is 20.3 Å². The fraction of sp³-hybridized carbons (Fsp3) is 0.364. The van der Waals surface area contributed by atoms with E-state index in [0.29, 0.717) is 0 Å². The molecular weight excluding hydrogens is 255 g/mol. The number of para-hydroxylation sites is 1. The van der Waals surface area contributed by atoms with E-state index >= 15 is 0 Å². The Labute approximate surface area is 104 Å². The van der Waals surface area contributed by atoms with Gasteiger partial charge in [-0.05, 0) is 12.1 Å². The Hall–Kier alpha value is -1.23. The van der Waals surface area contributed by atoms with E-state index in [1.54, 1.807) is 6.07 Å². The molecule has 0 aliphatic rings. The van der Waals surface area contributed by atoms with E-state index in [2.05, 4.69) is 0 Å². The highest BCUT2D eigenvalue weighted by atomic mass is 35.5. The Balaban J connectivity index is 0.00000256. The van der Waals surface area contributed by atoms with Crippen LogP contribution in [0.1, 0.15) is 13.8 Å². The van der Waals surface area contributed by atoms with Gasteiger partial charge in [-0.25, -0.2) is 4.90 Å². The molecule has 0 aliphatic heterocycles. The first-order valence-corrected chi connectivity index (χ1v) is 4.80. The number of hydrogen-bond acceptors (Lipinski definition) is 1. The predicted molar refractivity (Wildman–Crippen MR) is 62.1 cm³/mol. The standard InChI is InChI=1S/C11H12F3NO.ClH/c1-8(2)10(16)15(11(12,13)14)9-6-4-3-5-7-9;/h3-8H,1-2H3;1H. The number of benzene rings is 1. The molecule has 6 heteroatoms. The maximum Gasteiger partial charge on any atom is 0.491 e. The highest BCUT2D eigenvalue weighted by Gasteiger charge is 2.42. The summed E-state index contributed by atoms with van der Waals surface area (Å²) in [6.45, 7) is 2.87. The van der Waals surface area contributed by atoms with Crippen molar-refractivity contribution in [1.82, 2.24) is 0 Å². The minimum atomic E-state index is -4.69. The average molecular weight is 268 g/mol. The second-order valence-corrected chi connectivity index (χ2v) is 3.63. The van der Waals surface area contributed by atoms with Crippen molar-refractivity contribution in [3.63, 3.8) is 0 Å². The van der Waals surface area contributed by atoms with Gasteiger partial charge in [0.05, 0.1) is 5.69 Å². The van der Waals surface area contributed by atoms with Crippen LogP contribution >= 0.6 is 12.4 Å². The van der Waals surface area contributed by atoms with Crippen molar-refractivity contribution >= 4 is 24.0 Å². The molecule has 0 heterocycles. The maximum atomic E-state index is 12.7. The van der Waals surface area contributed by atoms with Gasteiger partial charge in [-0.3, -0.25) is 4.79 Å². The first-order valence-electron chi connectivity index (χ1n) is 4.80. The normalized spacial score (nSPS) is 10.9. The molecule has 0 radical (unpaired) electrons. The van der Waals surface area contributed by atoms with Gasteiger partial charge in [0.25, 0.3) is 0 Å². The Bertz CT molecular complexity index is 365. The van der Waals surface area contributed by atoms with E-state index in [9.17, 15) is 18.0 Å². The van der Waals surface area contributed by atoms with Crippen LogP contribution in [-0.4, -0.2) is 12.2 Å². The molecule has 0 fully saturated rings. The Morgan fingerprint density at radius 2 is 1.65 bits per heavy atom. The zero-order valence-corrected chi connectivity index (χ0v) is 10.2. The van der Waals surface area contributed by atoms with Crippen LogP contribution in [0.15, 0.2) is 30.3 Å². The lowest BCUT2D eigenvalue weighted by Gasteiger charge is -2.26. The lowest BCUT2D eigenvalue weighted by Crippen LogP contribution is -2.45. The number of alkyl halides is 3. The summed E-state index contributed by atoms with van der Waals surface area (Å²) in [5.41, 5.74) is -0.159. The minimum Gasteiger partial charge on any atom is -0.274 e. The number of carbonyl (C=O) groups excluding carboxylic acids is 1. The van der Waals surface area contributed by atoms with Crippen molar-refractivity contribution in [3.05, 3.63) is 30.3 Å². The van der Waals surface area contributed by atoms with E-state index < -0.39 is 18.1 Å². The second kappa shape index (κ2) is 5.91. The summed E-state index contributed by atoms with van der Waals surface area (Å²) < 4.78 is 38.2. The lowest BCUT2D eigenvalue weighted by atomic mass is 10.2. The molecule has 0 saturated carbocycles.